The molecule has 1 aliphatic heterocycles. The molecule has 1 aliphatic carbocycles. The number of hydrogen-bond acceptors (Lipinski definition) is 5. The van der Waals surface area contributed by atoms with E-state index in [0.29, 0.717) is 24.2 Å². The minimum atomic E-state index is -0.423. The van der Waals surface area contributed by atoms with Crippen molar-refractivity contribution < 1.29 is 14.3 Å². The van der Waals surface area contributed by atoms with Crippen LogP contribution in [-0.4, -0.2) is 23.3 Å². The molecule has 0 fully saturated rings. The molecule has 0 spiro atoms. The van der Waals surface area contributed by atoms with E-state index >= 15 is 0 Å². The molecule has 2 aliphatic rings. The first-order valence-electron chi connectivity index (χ1n) is 9.65. The Hall–Kier alpha value is -2.43. The number of esters is 1. The molecule has 5 heteroatoms. The maximum absolute atomic E-state index is 13.1. The molecule has 0 radical (unpaired) electrons. The van der Waals surface area contributed by atoms with Gasteiger partial charge < -0.3 is 10.1 Å². The Morgan fingerprint density at radius 3 is 2.81 bits per heavy atom. The number of ketones is 1. The van der Waals surface area contributed by atoms with Gasteiger partial charge in [0.1, 0.15) is 0 Å². The van der Waals surface area contributed by atoms with E-state index in [-0.39, 0.29) is 17.2 Å². The van der Waals surface area contributed by atoms with E-state index in [2.05, 4.69) is 31.1 Å². The zero-order valence-electron chi connectivity index (χ0n) is 16.6. The Morgan fingerprint density at radius 2 is 2.15 bits per heavy atom. The largest absolute Gasteiger partial charge is 0.462 e. The highest BCUT2D eigenvalue weighted by Crippen LogP contribution is 2.46. The lowest BCUT2D eigenvalue weighted by molar-refractivity contribution is -0.139. The van der Waals surface area contributed by atoms with Crippen LogP contribution in [0.4, 0.5) is 0 Å². The molecule has 2 heterocycles. The fraction of sp³-hybridized carbons (Fsp3) is 0.500. The second-order valence-electron chi connectivity index (χ2n) is 8.21. The smallest absolute Gasteiger partial charge is 0.336 e. The summed E-state index contributed by atoms with van der Waals surface area (Å²) in [6, 6.07) is 3.76. The molecular formula is C22H28N2O3. The van der Waals surface area contributed by atoms with E-state index in [1.807, 2.05) is 19.1 Å². The number of rotatable bonds is 5. The molecule has 0 amide bonds. The lowest BCUT2D eigenvalue weighted by Gasteiger charge is -2.39. The van der Waals surface area contributed by atoms with Crippen LogP contribution in [0.15, 0.2) is 47.1 Å². The lowest BCUT2D eigenvalue weighted by atomic mass is 9.69. The van der Waals surface area contributed by atoms with Crippen molar-refractivity contribution in [3.8, 4) is 0 Å². The van der Waals surface area contributed by atoms with Gasteiger partial charge in [-0.2, -0.15) is 0 Å². The first-order chi connectivity index (χ1) is 12.8. The number of ether oxygens (including phenoxy) is 1. The van der Waals surface area contributed by atoms with E-state index in [9.17, 15) is 9.59 Å². The Bertz CT molecular complexity index is 806. The van der Waals surface area contributed by atoms with Crippen molar-refractivity contribution in [1.82, 2.24) is 10.3 Å². The third kappa shape index (κ3) is 3.97. The number of hydrogen-bond donors (Lipinski definition) is 1. The van der Waals surface area contributed by atoms with Crippen LogP contribution in [0, 0.1) is 5.41 Å². The molecule has 27 heavy (non-hydrogen) atoms. The number of pyridine rings is 1. The highest BCUT2D eigenvalue weighted by atomic mass is 16.5. The minimum Gasteiger partial charge on any atom is -0.462 e. The van der Waals surface area contributed by atoms with Crippen LogP contribution >= 0.6 is 0 Å². The zero-order chi connectivity index (χ0) is 19.6. The van der Waals surface area contributed by atoms with Crippen LogP contribution < -0.4 is 5.32 Å². The van der Waals surface area contributed by atoms with Crippen molar-refractivity contribution in [3.05, 3.63) is 52.6 Å². The third-order valence-electron chi connectivity index (χ3n) is 5.21. The second kappa shape index (κ2) is 7.67. The summed E-state index contributed by atoms with van der Waals surface area (Å²) in [5.74, 6) is -0.687. The van der Waals surface area contributed by atoms with Crippen LogP contribution in [0.1, 0.15) is 64.9 Å². The van der Waals surface area contributed by atoms with E-state index in [4.69, 9.17) is 4.74 Å². The van der Waals surface area contributed by atoms with Gasteiger partial charge in [-0.3, -0.25) is 9.78 Å². The highest BCUT2D eigenvalue weighted by molar-refractivity contribution is 6.04. The van der Waals surface area contributed by atoms with Gasteiger partial charge in [0.15, 0.2) is 5.78 Å². The van der Waals surface area contributed by atoms with E-state index in [0.717, 1.165) is 36.2 Å². The van der Waals surface area contributed by atoms with Gasteiger partial charge in [0.25, 0.3) is 0 Å². The number of carbonyl (C=O) groups excluding carboxylic acids is 2. The second-order valence-corrected chi connectivity index (χ2v) is 8.21. The van der Waals surface area contributed by atoms with Crippen molar-refractivity contribution >= 4 is 11.8 Å². The molecular weight excluding hydrogens is 340 g/mol. The molecule has 1 N–H and O–H groups in total. The monoisotopic (exact) mass is 368 g/mol. The summed E-state index contributed by atoms with van der Waals surface area (Å²) in [5.41, 5.74) is 3.65. The fourth-order valence-electron chi connectivity index (χ4n) is 3.97. The number of dihydropyridines is 1. The maximum Gasteiger partial charge on any atom is 0.336 e. The Balaban J connectivity index is 2.06. The summed E-state index contributed by atoms with van der Waals surface area (Å²) in [4.78, 5) is 30.2. The van der Waals surface area contributed by atoms with Gasteiger partial charge in [0, 0.05) is 41.7 Å². The fourth-order valence-corrected chi connectivity index (χ4v) is 3.97. The summed E-state index contributed by atoms with van der Waals surface area (Å²) < 4.78 is 5.51. The lowest BCUT2D eigenvalue weighted by Crippen LogP contribution is -2.38. The van der Waals surface area contributed by atoms with Gasteiger partial charge in [0.2, 0.25) is 0 Å². The van der Waals surface area contributed by atoms with Gasteiger partial charge in [0.05, 0.1) is 12.2 Å². The standard InChI is InChI=1S/C22H28N2O3/c1-5-6-10-27-21(26)18-14(2)24-16-11-22(3,4)12-17(25)20(16)19(18)15-8-7-9-23-13-15/h7-9,13,19,24H,5-6,10-12H2,1-4H3. The molecule has 144 valence electrons. The molecule has 0 saturated heterocycles. The van der Waals surface area contributed by atoms with Gasteiger partial charge in [-0.15, -0.1) is 0 Å². The van der Waals surface area contributed by atoms with Gasteiger partial charge in [-0.05, 0) is 36.8 Å². The first kappa shape index (κ1) is 19.3. The third-order valence-corrected chi connectivity index (χ3v) is 5.21. The normalized spacial score (nSPS) is 21.6. The Kier molecular flexibility index (Phi) is 5.49. The quantitative estimate of drug-likeness (QED) is 0.628. The predicted molar refractivity (Wildman–Crippen MR) is 104 cm³/mol. The van der Waals surface area contributed by atoms with Crippen LogP contribution in [0.3, 0.4) is 0 Å². The van der Waals surface area contributed by atoms with E-state index < -0.39 is 5.92 Å². The Morgan fingerprint density at radius 1 is 1.37 bits per heavy atom. The van der Waals surface area contributed by atoms with Gasteiger partial charge >= 0.3 is 5.97 Å². The van der Waals surface area contributed by atoms with Crippen molar-refractivity contribution in [2.75, 3.05) is 6.61 Å². The van der Waals surface area contributed by atoms with Crippen molar-refractivity contribution in [2.24, 2.45) is 5.41 Å². The molecule has 1 unspecified atom stereocenters. The molecule has 1 aromatic rings. The maximum atomic E-state index is 13.1. The number of carbonyl (C=O) groups is 2. The van der Waals surface area contributed by atoms with Crippen LogP contribution in [-0.2, 0) is 14.3 Å². The zero-order valence-corrected chi connectivity index (χ0v) is 16.6. The van der Waals surface area contributed by atoms with Crippen LogP contribution in [0.25, 0.3) is 0 Å². The topological polar surface area (TPSA) is 68.3 Å². The number of nitrogens with one attached hydrogen (secondary N) is 1. The minimum absolute atomic E-state index is 0.0916. The SMILES string of the molecule is CCCCOC(=O)C1=C(C)NC2=C(C(=O)CC(C)(C)C2)C1c1cccnc1. The van der Waals surface area contributed by atoms with Crippen LogP contribution in [0.2, 0.25) is 0 Å². The summed E-state index contributed by atoms with van der Waals surface area (Å²) >= 11 is 0. The Labute approximate surface area is 160 Å². The predicted octanol–water partition coefficient (Wildman–Crippen LogP) is 4.03. The molecule has 1 atom stereocenters. The van der Waals surface area contributed by atoms with Crippen molar-refractivity contribution in [2.45, 2.75) is 59.3 Å². The highest BCUT2D eigenvalue weighted by Gasteiger charge is 2.43. The molecule has 0 saturated carbocycles. The number of allylic oxidation sites excluding steroid dienone is 3. The van der Waals surface area contributed by atoms with E-state index in [1.54, 1.807) is 12.4 Å². The van der Waals surface area contributed by atoms with E-state index in [1.165, 1.54) is 0 Å². The average Bonchev–Trinajstić information content (AvgIpc) is 2.60. The average molecular weight is 368 g/mol. The summed E-state index contributed by atoms with van der Waals surface area (Å²) in [6.45, 7) is 8.53. The summed E-state index contributed by atoms with van der Waals surface area (Å²) in [7, 11) is 0. The molecule has 5 nitrogen and oxygen atoms in total. The summed E-state index contributed by atoms with van der Waals surface area (Å²) in [6.07, 6.45) is 6.46. The van der Waals surface area contributed by atoms with Crippen LogP contribution in [0.5, 0.6) is 0 Å². The van der Waals surface area contributed by atoms with Gasteiger partial charge in [-0.1, -0.05) is 33.3 Å². The van der Waals surface area contributed by atoms with Gasteiger partial charge in [-0.25, -0.2) is 4.79 Å². The number of aromatic nitrogens is 1. The first-order valence-corrected chi connectivity index (χ1v) is 9.65. The summed E-state index contributed by atoms with van der Waals surface area (Å²) in [5, 5.41) is 3.34. The molecule has 0 bridgehead atoms. The number of unbranched alkanes of at least 4 members (excludes halogenated alkanes) is 1. The van der Waals surface area contributed by atoms with Crippen molar-refractivity contribution in [1.29, 1.82) is 0 Å². The number of nitrogens with zero attached hydrogens (tertiary/aromatic N) is 1. The molecule has 0 aromatic carbocycles. The number of Topliss-reactive ketones (excluding diaryl/α,β-unsaturated/α-hetero) is 1. The molecule has 3 rings (SSSR count). The van der Waals surface area contributed by atoms with Crippen molar-refractivity contribution in [3.63, 3.8) is 0 Å². The molecule has 1 aromatic heterocycles.